The van der Waals surface area contributed by atoms with Crippen molar-refractivity contribution in [1.82, 2.24) is 8.75 Å². The van der Waals surface area contributed by atoms with Crippen molar-refractivity contribution >= 4 is 21.8 Å². The van der Waals surface area contributed by atoms with Gasteiger partial charge in [-0.2, -0.15) is 17.2 Å². The zero-order valence-electron chi connectivity index (χ0n) is 8.07. The van der Waals surface area contributed by atoms with Crippen molar-refractivity contribution in [2.45, 2.75) is 11.4 Å². The fraction of sp³-hybridized carbons (Fsp3) is 0.111. The minimum absolute atomic E-state index is 0.277. The number of hydrogen-bond donors (Lipinski definition) is 1. The fourth-order valence-electron chi connectivity index (χ4n) is 1.29. The fourth-order valence-corrected chi connectivity index (χ4v) is 2.71. The third-order valence-corrected chi connectivity index (χ3v) is 3.48. The third kappa shape index (κ3) is 2.43. The molecule has 0 radical (unpaired) electrons. The van der Waals surface area contributed by atoms with Gasteiger partial charge < -0.3 is 0 Å². The van der Waals surface area contributed by atoms with Gasteiger partial charge in [0.1, 0.15) is 5.69 Å². The molecule has 2 aromatic rings. The largest absolute Gasteiger partial charge is 0.315 e. The van der Waals surface area contributed by atoms with Gasteiger partial charge in [-0.15, -0.1) is 0 Å². The Kier molecular flexibility index (Phi) is 2.99. The Morgan fingerprint density at radius 3 is 2.50 bits per heavy atom. The van der Waals surface area contributed by atoms with Crippen LogP contribution in [0.25, 0.3) is 0 Å². The summed E-state index contributed by atoms with van der Waals surface area (Å²) >= 11 is 0.773. The van der Waals surface area contributed by atoms with Crippen LogP contribution in [0.2, 0.25) is 0 Å². The minimum Gasteiger partial charge on any atom is -0.281 e. The van der Waals surface area contributed by atoms with Crippen LogP contribution in [0.3, 0.4) is 0 Å². The van der Waals surface area contributed by atoms with Gasteiger partial charge in [-0.3, -0.25) is 4.55 Å². The van der Waals surface area contributed by atoms with Gasteiger partial charge in [0.25, 0.3) is 0 Å². The Morgan fingerprint density at radius 2 is 1.88 bits per heavy atom. The van der Waals surface area contributed by atoms with E-state index in [-0.39, 0.29) is 10.7 Å². The number of nitrogens with zero attached hydrogens (tertiary/aromatic N) is 2. The minimum atomic E-state index is -4.27. The number of hydrogen-bond acceptors (Lipinski definition) is 5. The van der Waals surface area contributed by atoms with Gasteiger partial charge in [-0.25, -0.2) is 0 Å². The summed E-state index contributed by atoms with van der Waals surface area (Å²) in [4.78, 5) is 0. The van der Waals surface area contributed by atoms with Crippen molar-refractivity contribution in [3.05, 3.63) is 41.6 Å². The number of rotatable bonds is 3. The van der Waals surface area contributed by atoms with E-state index in [4.69, 9.17) is 4.55 Å². The monoisotopic (exact) mass is 256 g/mol. The summed E-state index contributed by atoms with van der Waals surface area (Å²) in [5.74, 6) is 0. The maximum atomic E-state index is 11.0. The second-order valence-corrected chi connectivity index (χ2v) is 5.02. The molecule has 1 aromatic heterocycles. The summed E-state index contributed by atoms with van der Waals surface area (Å²) in [5, 5.41) is -0.346. The molecule has 0 unspecified atom stereocenters. The van der Waals surface area contributed by atoms with E-state index in [1.807, 2.05) is 30.3 Å². The van der Waals surface area contributed by atoms with Gasteiger partial charge in [0.2, 0.25) is 5.03 Å². The van der Waals surface area contributed by atoms with Crippen LogP contribution >= 0.6 is 11.7 Å². The van der Waals surface area contributed by atoms with E-state index >= 15 is 0 Å². The van der Waals surface area contributed by atoms with E-state index in [1.165, 1.54) is 0 Å². The highest BCUT2D eigenvalue weighted by molar-refractivity contribution is 7.85. The van der Waals surface area contributed by atoms with Crippen LogP contribution in [0.1, 0.15) is 11.3 Å². The summed E-state index contributed by atoms with van der Waals surface area (Å²) in [6.45, 7) is 0. The van der Waals surface area contributed by atoms with Crippen LogP contribution in [-0.2, 0) is 16.5 Å². The van der Waals surface area contributed by atoms with Gasteiger partial charge in [-0.1, -0.05) is 30.3 Å². The summed E-state index contributed by atoms with van der Waals surface area (Å²) in [6, 6.07) is 9.28. The molecule has 0 atom stereocenters. The van der Waals surface area contributed by atoms with Crippen molar-refractivity contribution in [3.63, 3.8) is 0 Å². The van der Waals surface area contributed by atoms with Gasteiger partial charge in [0, 0.05) is 6.42 Å². The molecule has 5 nitrogen and oxygen atoms in total. The molecular formula is C9H8N2O3S2. The zero-order chi connectivity index (χ0) is 11.6. The molecule has 1 N–H and O–H groups in total. The second kappa shape index (κ2) is 4.28. The first-order chi connectivity index (χ1) is 7.57. The maximum Gasteiger partial charge on any atom is 0.315 e. The first-order valence-corrected chi connectivity index (χ1v) is 6.57. The maximum absolute atomic E-state index is 11.0. The molecule has 0 amide bonds. The first-order valence-electron chi connectivity index (χ1n) is 4.40. The molecular weight excluding hydrogens is 248 g/mol. The van der Waals surface area contributed by atoms with E-state index < -0.39 is 10.1 Å². The highest BCUT2D eigenvalue weighted by atomic mass is 32.2. The lowest BCUT2D eigenvalue weighted by atomic mass is 10.1. The predicted octanol–water partition coefficient (Wildman–Crippen LogP) is 1.38. The topological polar surface area (TPSA) is 80.2 Å². The molecule has 7 heteroatoms. The van der Waals surface area contributed by atoms with Gasteiger partial charge in [0.15, 0.2) is 0 Å². The summed E-state index contributed by atoms with van der Waals surface area (Å²) in [7, 11) is -4.27. The molecule has 0 fully saturated rings. The molecule has 0 saturated carbocycles. The standard InChI is InChI=1S/C9H8N2O3S2/c12-16(13,14)9-8(10-15-11-9)6-7-4-2-1-3-5-7/h1-5H,6H2,(H,12,13,14). The van der Waals surface area contributed by atoms with Gasteiger partial charge in [0.05, 0.1) is 11.7 Å². The summed E-state index contributed by atoms with van der Waals surface area (Å²) in [5.41, 5.74) is 1.19. The lowest BCUT2D eigenvalue weighted by molar-refractivity contribution is 0.479. The number of benzene rings is 1. The smallest absolute Gasteiger partial charge is 0.281 e. The average Bonchev–Trinajstić information content (AvgIpc) is 2.67. The van der Waals surface area contributed by atoms with Crippen LogP contribution < -0.4 is 0 Å². The lowest BCUT2D eigenvalue weighted by Gasteiger charge is -1.98. The normalized spacial score (nSPS) is 11.6. The van der Waals surface area contributed by atoms with E-state index in [0.717, 1.165) is 17.3 Å². The molecule has 16 heavy (non-hydrogen) atoms. The van der Waals surface area contributed by atoms with Crippen LogP contribution in [0.5, 0.6) is 0 Å². The predicted molar refractivity (Wildman–Crippen MR) is 59.0 cm³/mol. The Bertz CT molecular complexity index is 578. The van der Waals surface area contributed by atoms with Crippen molar-refractivity contribution in [3.8, 4) is 0 Å². The summed E-state index contributed by atoms with van der Waals surface area (Å²) in [6.07, 6.45) is 0.340. The van der Waals surface area contributed by atoms with E-state index in [1.54, 1.807) is 0 Å². The SMILES string of the molecule is O=S(=O)(O)c1nsnc1Cc1ccccc1. The Hall–Kier alpha value is -1.31. The molecule has 0 bridgehead atoms. The second-order valence-electron chi connectivity index (χ2n) is 3.15. The van der Waals surface area contributed by atoms with Crippen molar-refractivity contribution in [2.24, 2.45) is 0 Å². The highest BCUT2D eigenvalue weighted by Gasteiger charge is 2.20. The molecule has 1 heterocycles. The quantitative estimate of drug-likeness (QED) is 0.839. The molecule has 0 aliphatic rings. The Morgan fingerprint density at radius 1 is 1.19 bits per heavy atom. The molecule has 2 rings (SSSR count). The first kappa shape index (κ1) is 11.2. The molecule has 0 aliphatic heterocycles. The van der Waals surface area contributed by atoms with Crippen LogP contribution in [0.15, 0.2) is 35.4 Å². The highest BCUT2D eigenvalue weighted by Crippen LogP contribution is 2.16. The van der Waals surface area contributed by atoms with Crippen molar-refractivity contribution < 1.29 is 13.0 Å². The molecule has 0 spiro atoms. The van der Waals surface area contributed by atoms with Crippen molar-refractivity contribution in [1.29, 1.82) is 0 Å². The van der Waals surface area contributed by atoms with Gasteiger partial charge >= 0.3 is 10.1 Å². The number of aromatic nitrogens is 2. The molecule has 0 aliphatic carbocycles. The summed E-state index contributed by atoms with van der Waals surface area (Å²) < 4.78 is 38.3. The molecule has 84 valence electrons. The van der Waals surface area contributed by atoms with E-state index in [2.05, 4.69) is 8.75 Å². The molecule has 0 saturated heterocycles. The zero-order valence-corrected chi connectivity index (χ0v) is 9.70. The third-order valence-electron chi connectivity index (χ3n) is 1.98. The Labute approximate surface area is 96.8 Å². The lowest BCUT2D eigenvalue weighted by Crippen LogP contribution is -2.03. The van der Waals surface area contributed by atoms with Gasteiger partial charge in [-0.05, 0) is 5.56 Å². The van der Waals surface area contributed by atoms with Crippen molar-refractivity contribution in [2.75, 3.05) is 0 Å². The molecule has 1 aromatic carbocycles. The van der Waals surface area contributed by atoms with Crippen LogP contribution in [-0.4, -0.2) is 21.7 Å². The van der Waals surface area contributed by atoms with Crippen LogP contribution in [0.4, 0.5) is 0 Å². The average molecular weight is 256 g/mol. The van der Waals surface area contributed by atoms with E-state index in [9.17, 15) is 8.42 Å². The van der Waals surface area contributed by atoms with Crippen LogP contribution in [0, 0.1) is 0 Å². The van der Waals surface area contributed by atoms with E-state index in [0.29, 0.717) is 6.42 Å². The Balaban J connectivity index is 2.34.